The van der Waals surface area contributed by atoms with E-state index >= 15 is 0 Å². The Hall–Kier alpha value is -2.56. The minimum atomic E-state index is -0.523. The summed E-state index contributed by atoms with van der Waals surface area (Å²) in [4.78, 5) is 1.17. The number of aryl methyl sites for hydroxylation is 1. The predicted molar refractivity (Wildman–Crippen MR) is 135 cm³/mol. The average Bonchev–Trinajstić information content (AvgIpc) is 3.25. The van der Waals surface area contributed by atoms with Gasteiger partial charge in [-0.05, 0) is 0 Å². The van der Waals surface area contributed by atoms with Gasteiger partial charge in [0.25, 0.3) is 0 Å². The summed E-state index contributed by atoms with van der Waals surface area (Å²) in [5, 5.41) is 9.92. The van der Waals surface area contributed by atoms with E-state index in [1.165, 1.54) is 14.9 Å². The first-order valence-corrected chi connectivity index (χ1v) is 13.1. The summed E-state index contributed by atoms with van der Waals surface area (Å²) < 4.78 is 2.84. The second-order valence-electron chi connectivity index (χ2n) is 7.41. The number of fused-ring (bicyclic) bond motifs is 1. The van der Waals surface area contributed by atoms with Crippen LogP contribution in [-0.4, -0.2) is 30.0 Å². The number of halogens is 1. The van der Waals surface area contributed by atoms with Gasteiger partial charge in [-0.3, -0.25) is 0 Å². The standard InChI is InChI=1S/C26H20ClN3SSe/c1-19-14-16-22(17-15-19)31-26(20-8-7-9-21(27)18-20,32-23-10-3-2-4-11-23)30-25-13-6-5-12-24(25)28-29-30/h2-18H,1H3. The van der Waals surface area contributed by atoms with Gasteiger partial charge >= 0.3 is 204 Å². The average molecular weight is 521 g/mol. The molecule has 4 aromatic carbocycles. The Bertz CT molecular complexity index is 1350. The van der Waals surface area contributed by atoms with Crippen LogP contribution in [0.3, 0.4) is 0 Å². The van der Waals surface area contributed by atoms with Crippen LogP contribution in [-0.2, 0) is 3.77 Å². The molecule has 0 N–H and O–H groups in total. The summed E-state index contributed by atoms with van der Waals surface area (Å²) in [6.45, 7) is 2.11. The first kappa shape index (κ1) is 21.3. The van der Waals surface area contributed by atoms with Gasteiger partial charge in [0, 0.05) is 0 Å². The molecule has 158 valence electrons. The molecule has 0 aliphatic heterocycles. The van der Waals surface area contributed by atoms with Gasteiger partial charge in [0.2, 0.25) is 0 Å². The number of aromatic nitrogens is 3. The van der Waals surface area contributed by atoms with Gasteiger partial charge in [0.05, 0.1) is 0 Å². The van der Waals surface area contributed by atoms with Crippen molar-refractivity contribution in [1.29, 1.82) is 0 Å². The normalized spacial score (nSPS) is 13.2. The van der Waals surface area contributed by atoms with Crippen molar-refractivity contribution in [2.45, 2.75) is 15.6 Å². The van der Waals surface area contributed by atoms with Crippen LogP contribution in [0.2, 0.25) is 5.02 Å². The fourth-order valence-corrected chi connectivity index (χ4v) is 8.45. The third-order valence-electron chi connectivity index (χ3n) is 5.10. The van der Waals surface area contributed by atoms with Gasteiger partial charge in [-0.1, -0.05) is 0 Å². The Balaban J connectivity index is 1.78. The molecule has 0 bridgehead atoms. The van der Waals surface area contributed by atoms with E-state index in [0.717, 1.165) is 16.6 Å². The maximum atomic E-state index is 6.51. The van der Waals surface area contributed by atoms with Crippen molar-refractivity contribution in [2.75, 3.05) is 0 Å². The third kappa shape index (κ3) is 4.22. The fourth-order valence-electron chi connectivity index (χ4n) is 3.53. The number of nitrogens with zero attached hydrogens (tertiary/aromatic N) is 3. The molecule has 5 rings (SSSR count). The van der Waals surface area contributed by atoms with Crippen LogP contribution in [0, 0.1) is 6.92 Å². The van der Waals surface area contributed by atoms with E-state index in [9.17, 15) is 0 Å². The number of thioether (sulfide) groups is 1. The molecule has 1 aromatic heterocycles. The van der Waals surface area contributed by atoms with Crippen LogP contribution in [0.25, 0.3) is 11.0 Å². The molecular formula is C26H20ClN3SSe. The van der Waals surface area contributed by atoms with Crippen LogP contribution in [0.15, 0.2) is 108 Å². The number of rotatable bonds is 6. The fraction of sp³-hybridized carbons (Fsp3) is 0.0769. The molecule has 3 nitrogen and oxygen atoms in total. The molecule has 1 heterocycles. The summed E-state index contributed by atoms with van der Waals surface area (Å²) in [6.07, 6.45) is 0. The van der Waals surface area contributed by atoms with E-state index in [4.69, 9.17) is 16.8 Å². The number of benzene rings is 4. The SMILES string of the molecule is Cc1ccc(SC([Se]c2ccccc2)(c2cccc(Cl)c2)n2nnc3ccccc32)cc1. The molecule has 6 heteroatoms. The molecule has 0 radical (unpaired) electrons. The van der Waals surface area contributed by atoms with E-state index in [0.29, 0.717) is 5.02 Å². The van der Waals surface area contributed by atoms with Crippen LogP contribution in [0.4, 0.5) is 0 Å². The van der Waals surface area contributed by atoms with Gasteiger partial charge in [0.1, 0.15) is 0 Å². The van der Waals surface area contributed by atoms with Gasteiger partial charge in [-0.15, -0.1) is 0 Å². The zero-order chi connectivity index (χ0) is 22.0. The van der Waals surface area contributed by atoms with Gasteiger partial charge in [-0.2, -0.15) is 0 Å². The first-order valence-electron chi connectivity index (χ1n) is 10.2. The van der Waals surface area contributed by atoms with E-state index in [1.54, 1.807) is 11.8 Å². The monoisotopic (exact) mass is 521 g/mol. The number of hydrogen-bond donors (Lipinski definition) is 0. The molecule has 0 saturated carbocycles. The molecule has 0 aliphatic rings. The van der Waals surface area contributed by atoms with Crippen molar-refractivity contribution in [1.82, 2.24) is 15.0 Å². The Morgan fingerprint density at radius 3 is 2.38 bits per heavy atom. The molecule has 0 fully saturated rings. The summed E-state index contributed by atoms with van der Waals surface area (Å²) in [7, 11) is 0. The van der Waals surface area contributed by atoms with Crippen molar-refractivity contribution in [2.24, 2.45) is 0 Å². The van der Waals surface area contributed by atoms with Crippen molar-refractivity contribution >= 4 is 53.8 Å². The molecule has 0 saturated heterocycles. The first-order chi connectivity index (χ1) is 15.6. The molecule has 0 amide bonds. The quantitative estimate of drug-likeness (QED) is 0.207. The van der Waals surface area contributed by atoms with E-state index in [-0.39, 0.29) is 15.0 Å². The van der Waals surface area contributed by atoms with Crippen molar-refractivity contribution in [3.05, 3.63) is 119 Å². The topological polar surface area (TPSA) is 30.7 Å². The second kappa shape index (κ2) is 9.13. The summed E-state index contributed by atoms with van der Waals surface area (Å²) in [6, 6.07) is 35.6. The molecule has 0 aliphatic carbocycles. The Labute approximate surface area is 203 Å². The molecule has 5 aromatic rings. The summed E-state index contributed by atoms with van der Waals surface area (Å²) >= 11 is 8.28. The van der Waals surface area contributed by atoms with Crippen molar-refractivity contribution < 1.29 is 0 Å². The molecule has 1 atom stereocenters. The zero-order valence-corrected chi connectivity index (χ0v) is 20.6. The van der Waals surface area contributed by atoms with Gasteiger partial charge in [0.15, 0.2) is 0 Å². The minimum absolute atomic E-state index is 0.0367. The van der Waals surface area contributed by atoms with Crippen LogP contribution < -0.4 is 4.46 Å². The van der Waals surface area contributed by atoms with Gasteiger partial charge < -0.3 is 0 Å². The van der Waals surface area contributed by atoms with Crippen molar-refractivity contribution in [3.63, 3.8) is 0 Å². The molecule has 32 heavy (non-hydrogen) atoms. The second-order valence-corrected chi connectivity index (χ2v) is 12.4. The Kier molecular flexibility index (Phi) is 6.07. The maximum absolute atomic E-state index is 6.51. The third-order valence-corrected chi connectivity index (χ3v) is 9.99. The Morgan fingerprint density at radius 1 is 0.844 bits per heavy atom. The van der Waals surface area contributed by atoms with Crippen LogP contribution in [0.1, 0.15) is 11.1 Å². The van der Waals surface area contributed by atoms with E-state index in [1.807, 2.05) is 30.3 Å². The summed E-state index contributed by atoms with van der Waals surface area (Å²) in [5.74, 6) is 0. The number of para-hydroxylation sites is 1. The Morgan fingerprint density at radius 2 is 1.59 bits per heavy atom. The van der Waals surface area contributed by atoms with E-state index < -0.39 is 3.77 Å². The van der Waals surface area contributed by atoms with Crippen molar-refractivity contribution in [3.8, 4) is 0 Å². The van der Waals surface area contributed by atoms with Crippen LogP contribution in [0.5, 0.6) is 0 Å². The molecular weight excluding hydrogens is 501 g/mol. The van der Waals surface area contributed by atoms with Crippen LogP contribution >= 0.6 is 23.4 Å². The van der Waals surface area contributed by atoms with E-state index in [2.05, 4.69) is 89.5 Å². The molecule has 1 unspecified atom stereocenters. The van der Waals surface area contributed by atoms with Gasteiger partial charge in [-0.25, -0.2) is 0 Å². The predicted octanol–water partition coefficient (Wildman–Crippen LogP) is 5.87. The zero-order valence-electron chi connectivity index (χ0n) is 17.4. The number of hydrogen-bond acceptors (Lipinski definition) is 3. The molecule has 0 spiro atoms. The summed E-state index contributed by atoms with van der Waals surface area (Å²) in [5.41, 5.74) is 4.23.